The van der Waals surface area contributed by atoms with Crippen LogP contribution in [0.4, 0.5) is 0 Å². The van der Waals surface area contributed by atoms with Crippen LogP contribution in [0, 0.1) is 6.92 Å². The van der Waals surface area contributed by atoms with Crippen LogP contribution in [0.5, 0.6) is 0 Å². The molecule has 0 aliphatic carbocycles. The number of fused-ring (bicyclic) bond motifs is 1. The average Bonchev–Trinajstić information content (AvgIpc) is 2.86. The molecule has 0 fully saturated rings. The number of carbonyl (C=O) groups excluding carboxylic acids is 1. The molecular weight excluding hydrogens is 274 g/mol. The van der Waals surface area contributed by atoms with E-state index >= 15 is 0 Å². The molecule has 4 heteroatoms. The van der Waals surface area contributed by atoms with Gasteiger partial charge in [0.1, 0.15) is 12.4 Å². The lowest BCUT2D eigenvalue weighted by molar-refractivity contribution is -0.121. The number of para-hydroxylation sites is 2. The number of rotatable bonds is 4. The van der Waals surface area contributed by atoms with Gasteiger partial charge in [-0.05, 0) is 32.0 Å². The Morgan fingerprint density at radius 3 is 2.77 bits per heavy atom. The Morgan fingerprint density at radius 2 is 2.00 bits per heavy atom. The maximum atomic E-state index is 12.0. The smallest absolute Gasteiger partial charge is 0.240 e. The van der Waals surface area contributed by atoms with E-state index < -0.39 is 0 Å². The molecule has 4 nitrogen and oxygen atoms in total. The van der Waals surface area contributed by atoms with E-state index in [4.69, 9.17) is 4.98 Å². The van der Waals surface area contributed by atoms with Gasteiger partial charge in [0.05, 0.1) is 11.0 Å². The van der Waals surface area contributed by atoms with Crippen LogP contribution in [-0.2, 0) is 11.3 Å². The quantitative estimate of drug-likeness (QED) is 0.803. The van der Waals surface area contributed by atoms with E-state index in [-0.39, 0.29) is 12.5 Å². The first-order valence-electron chi connectivity index (χ1n) is 7.48. The molecule has 0 aliphatic rings. The van der Waals surface area contributed by atoms with Crippen LogP contribution >= 0.6 is 0 Å². The van der Waals surface area contributed by atoms with Crippen molar-refractivity contribution >= 4 is 16.9 Å². The predicted octanol–water partition coefficient (Wildman–Crippen LogP) is 3.15. The van der Waals surface area contributed by atoms with Gasteiger partial charge >= 0.3 is 0 Å². The van der Waals surface area contributed by atoms with Crippen LogP contribution in [0.2, 0.25) is 0 Å². The van der Waals surface area contributed by atoms with Crippen LogP contribution in [0.1, 0.15) is 12.5 Å². The molecule has 0 aliphatic heterocycles. The zero-order valence-corrected chi connectivity index (χ0v) is 12.8. The van der Waals surface area contributed by atoms with Crippen molar-refractivity contribution in [2.24, 2.45) is 0 Å². The van der Waals surface area contributed by atoms with Crippen molar-refractivity contribution in [1.29, 1.82) is 0 Å². The van der Waals surface area contributed by atoms with Gasteiger partial charge in [0.2, 0.25) is 5.91 Å². The van der Waals surface area contributed by atoms with Gasteiger partial charge in [0.15, 0.2) is 0 Å². The molecule has 0 atom stereocenters. The third-order valence-electron chi connectivity index (χ3n) is 3.61. The maximum Gasteiger partial charge on any atom is 0.240 e. The lowest BCUT2D eigenvalue weighted by atomic mass is 10.1. The number of likely N-dealkylation sites (N-methyl/N-ethyl adjacent to an activating group) is 1. The first-order chi connectivity index (χ1) is 10.7. The third-order valence-corrected chi connectivity index (χ3v) is 3.61. The highest BCUT2D eigenvalue weighted by Gasteiger charge is 2.14. The molecule has 0 spiro atoms. The summed E-state index contributed by atoms with van der Waals surface area (Å²) in [6, 6.07) is 16.1. The summed E-state index contributed by atoms with van der Waals surface area (Å²) in [6.07, 6.45) is 0. The lowest BCUT2D eigenvalue weighted by Gasteiger charge is -2.09. The first kappa shape index (κ1) is 14.3. The second-order valence-corrected chi connectivity index (χ2v) is 5.33. The molecule has 0 radical (unpaired) electrons. The maximum absolute atomic E-state index is 12.0. The number of nitrogens with zero attached hydrogens (tertiary/aromatic N) is 2. The van der Waals surface area contributed by atoms with Crippen molar-refractivity contribution in [1.82, 2.24) is 14.9 Å². The molecule has 112 valence electrons. The van der Waals surface area contributed by atoms with Gasteiger partial charge in [-0.15, -0.1) is 0 Å². The number of hydrogen-bond acceptors (Lipinski definition) is 2. The van der Waals surface area contributed by atoms with Crippen molar-refractivity contribution in [3.8, 4) is 11.4 Å². The fourth-order valence-corrected chi connectivity index (χ4v) is 2.64. The van der Waals surface area contributed by atoms with E-state index in [0.717, 1.165) is 22.4 Å². The number of nitrogens with one attached hydrogen (secondary N) is 1. The van der Waals surface area contributed by atoms with Crippen molar-refractivity contribution in [2.75, 3.05) is 6.54 Å². The highest BCUT2D eigenvalue weighted by molar-refractivity contribution is 5.84. The number of hydrogen-bond donors (Lipinski definition) is 1. The van der Waals surface area contributed by atoms with E-state index in [1.54, 1.807) is 0 Å². The molecule has 0 bridgehead atoms. The Morgan fingerprint density at radius 1 is 1.18 bits per heavy atom. The van der Waals surface area contributed by atoms with Crippen molar-refractivity contribution < 1.29 is 4.79 Å². The number of aryl methyl sites for hydroxylation is 1. The largest absolute Gasteiger partial charge is 0.355 e. The zero-order chi connectivity index (χ0) is 15.5. The van der Waals surface area contributed by atoms with Gasteiger partial charge in [-0.1, -0.05) is 35.9 Å². The summed E-state index contributed by atoms with van der Waals surface area (Å²) in [7, 11) is 0. The minimum atomic E-state index is -0.000411. The lowest BCUT2D eigenvalue weighted by Crippen LogP contribution is -2.27. The van der Waals surface area contributed by atoms with Gasteiger partial charge in [-0.3, -0.25) is 4.79 Å². The fourth-order valence-electron chi connectivity index (χ4n) is 2.64. The highest BCUT2D eigenvalue weighted by Crippen LogP contribution is 2.25. The zero-order valence-electron chi connectivity index (χ0n) is 12.8. The molecule has 1 heterocycles. The molecule has 1 aromatic heterocycles. The first-order valence-corrected chi connectivity index (χ1v) is 7.48. The molecular formula is C18H19N3O. The summed E-state index contributed by atoms with van der Waals surface area (Å²) in [4.78, 5) is 16.8. The summed E-state index contributed by atoms with van der Waals surface area (Å²) in [6.45, 7) is 4.88. The fraction of sp³-hybridized carbons (Fsp3) is 0.222. The van der Waals surface area contributed by atoms with Crippen LogP contribution in [-0.4, -0.2) is 22.0 Å². The molecule has 3 rings (SSSR count). The molecule has 22 heavy (non-hydrogen) atoms. The predicted molar refractivity (Wildman–Crippen MR) is 88.6 cm³/mol. The Balaban J connectivity index is 2.14. The summed E-state index contributed by atoms with van der Waals surface area (Å²) < 4.78 is 1.98. The molecule has 0 saturated carbocycles. The number of aromatic nitrogens is 2. The van der Waals surface area contributed by atoms with Crippen LogP contribution in [0.25, 0.3) is 22.4 Å². The summed E-state index contributed by atoms with van der Waals surface area (Å²) >= 11 is 0. The van der Waals surface area contributed by atoms with E-state index in [2.05, 4.69) is 24.4 Å². The summed E-state index contributed by atoms with van der Waals surface area (Å²) in [5, 5.41) is 2.85. The summed E-state index contributed by atoms with van der Waals surface area (Å²) in [5.41, 5.74) is 4.09. The number of carbonyl (C=O) groups is 1. The molecule has 2 aromatic carbocycles. The van der Waals surface area contributed by atoms with Gasteiger partial charge in [-0.2, -0.15) is 0 Å². The minimum Gasteiger partial charge on any atom is -0.355 e. The van der Waals surface area contributed by atoms with Gasteiger partial charge < -0.3 is 9.88 Å². The van der Waals surface area contributed by atoms with Crippen LogP contribution in [0.15, 0.2) is 48.5 Å². The van der Waals surface area contributed by atoms with Crippen LogP contribution < -0.4 is 5.32 Å². The second-order valence-electron chi connectivity index (χ2n) is 5.33. The number of benzene rings is 2. The van der Waals surface area contributed by atoms with Crippen molar-refractivity contribution in [3.05, 3.63) is 54.1 Å². The average molecular weight is 293 g/mol. The van der Waals surface area contributed by atoms with Gasteiger partial charge in [0, 0.05) is 12.1 Å². The van der Waals surface area contributed by atoms with E-state index in [9.17, 15) is 4.79 Å². The van der Waals surface area contributed by atoms with Crippen molar-refractivity contribution in [3.63, 3.8) is 0 Å². The Bertz CT molecular complexity index is 820. The molecule has 3 aromatic rings. The second kappa shape index (κ2) is 6.02. The van der Waals surface area contributed by atoms with Crippen molar-refractivity contribution in [2.45, 2.75) is 20.4 Å². The van der Waals surface area contributed by atoms with E-state index in [1.165, 1.54) is 5.56 Å². The topological polar surface area (TPSA) is 46.9 Å². The van der Waals surface area contributed by atoms with E-state index in [1.807, 2.05) is 47.9 Å². The highest BCUT2D eigenvalue weighted by atomic mass is 16.1. The molecule has 1 amide bonds. The van der Waals surface area contributed by atoms with Gasteiger partial charge in [-0.25, -0.2) is 4.98 Å². The number of amides is 1. The number of imidazole rings is 1. The normalized spacial score (nSPS) is 10.8. The third kappa shape index (κ3) is 2.72. The molecule has 1 N–H and O–H groups in total. The Hall–Kier alpha value is -2.62. The molecule has 0 unspecified atom stereocenters. The summed E-state index contributed by atoms with van der Waals surface area (Å²) in [5.74, 6) is 0.829. The Kier molecular flexibility index (Phi) is 3.92. The monoisotopic (exact) mass is 293 g/mol. The Labute approximate surface area is 129 Å². The van der Waals surface area contributed by atoms with E-state index in [0.29, 0.717) is 6.54 Å². The SMILES string of the molecule is CCNC(=O)Cn1c(-c2cccc(C)c2)nc2ccccc21. The standard InChI is InChI=1S/C18H19N3O/c1-3-19-17(22)12-21-16-10-5-4-9-15(16)20-18(21)14-8-6-7-13(2)11-14/h4-11H,3,12H2,1-2H3,(H,19,22). The van der Waals surface area contributed by atoms with Gasteiger partial charge in [0.25, 0.3) is 0 Å². The molecule has 0 saturated heterocycles. The van der Waals surface area contributed by atoms with Crippen LogP contribution in [0.3, 0.4) is 0 Å². The minimum absolute atomic E-state index is 0.000411.